The zero-order chi connectivity index (χ0) is 5.70. The topological polar surface area (TPSA) is 20.2 Å². The normalized spacial score (nSPS) is 14.1. The standard InChI is InChI=1S/C5H10ClO/c1-5(6)3-2-4-7/h2,5,7H,3-4H2,1H3. The molecule has 1 N–H and O–H groups in total. The van der Waals surface area contributed by atoms with Crippen LogP contribution in [0.3, 0.4) is 0 Å². The second kappa shape index (κ2) is 4.41. The van der Waals surface area contributed by atoms with E-state index in [-0.39, 0.29) is 12.0 Å². The number of aliphatic hydroxyl groups excluding tert-OH is 1. The molecule has 1 atom stereocenters. The van der Waals surface area contributed by atoms with Gasteiger partial charge in [0.2, 0.25) is 0 Å². The first kappa shape index (κ1) is 7.25. The smallest absolute Gasteiger partial charge is 0.0463 e. The van der Waals surface area contributed by atoms with E-state index in [0.717, 1.165) is 6.42 Å². The van der Waals surface area contributed by atoms with Gasteiger partial charge in [-0.3, -0.25) is 0 Å². The third-order valence-corrected chi connectivity index (χ3v) is 0.799. The lowest BCUT2D eigenvalue weighted by Gasteiger charge is -1.95. The first-order chi connectivity index (χ1) is 3.27. The fourth-order valence-electron chi connectivity index (χ4n) is 0.304. The molecule has 0 amide bonds. The van der Waals surface area contributed by atoms with Gasteiger partial charge in [0.25, 0.3) is 0 Å². The summed E-state index contributed by atoms with van der Waals surface area (Å²) in [4.78, 5) is 0. The van der Waals surface area contributed by atoms with Gasteiger partial charge in [-0.25, -0.2) is 0 Å². The molecule has 1 unspecified atom stereocenters. The third kappa shape index (κ3) is 6.25. The van der Waals surface area contributed by atoms with Crippen LogP contribution in [0.15, 0.2) is 0 Å². The highest BCUT2D eigenvalue weighted by Gasteiger charge is 1.92. The van der Waals surface area contributed by atoms with Crippen LogP contribution in [0.2, 0.25) is 0 Å². The van der Waals surface area contributed by atoms with Crippen molar-refractivity contribution in [3.63, 3.8) is 0 Å². The fourth-order valence-corrected chi connectivity index (χ4v) is 0.430. The lowest BCUT2D eigenvalue weighted by Crippen LogP contribution is -1.93. The molecule has 7 heavy (non-hydrogen) atoms. The van der Waals surface area contributed by atoms with E-state index >= 15 is 0 Å². The predicted octanol–water partition coefficient (Wildman–Crippen LogP) is 1.20. The summed E-state index contributed by atoms with van der Waals surface area (Å²) in [5, 5.41) is 8.36. The van der Waals surface area contributed by atoms with Crippen LogP contribution in [0, 0.1) is 6.42 Å². The summed E-state index contributed by atoms with van der Waals surface area (Å²) in [6, 6.07) is 0. The van der Waals surface area contributed by atoms with Gasteiger partial charge in [-0.1, -0.05) is 0 Å². The van der Waals surface area contributed by atoms with Crippen molar-refractivity contribution < 1.29 is 5.11 Å². The van der Waals surface area contributed by atoms with E-state index in [1.807, 2.05) is 6.92 Å². The number of alkyl halides is 1. The van der Waals surface area contributed by atoms with E-state index in [2.05, 4.69) is 0 Å². The van der Waals surface area contributed by atoms with E-state index in [9.17, 15) is 0 Å². The molecule has 1 radical (unpaired) electrons. The lowest BCUT2D eigenvalue weighted by atomic mass is 10.3. The summed E-state index contributed by atoms with van der Waals surface area (Å²) in [6.07, 6.45) is 2.54. The molecule has 0 rings (SSSR count). The summed E-state index contributed by atoms with van der Waals surface area (Å²) in [6.45, 7) is 2.03. The highest BCUT2D eigenvalue weighted by atomic mass is 35.5. The van der Waals surface area contributed by atoms with Gasteiger partial charge in [0.1, 0.15) is 0 Å². The van der Waals surface area contributed by atoms with Gasteiger partial charge in [-0.2, -0.15) is 0 Å². The average molecular weight is 122 g/mol. The molecular weight excluding hydrogens is 112 g/mol. The van der Waals surface area contributed by atoms with Crippen molar-refractivity contribution in [2.45, 2.75) is 18.7 Å². The molecule has 0 aromatic rings. The van der Waals surface area contributed by atoms with Gasteiger partial charge in [0.05, 0.1) is 0 Å². The average Bonchev–Trinajstić information content (AvgIpc) is 1.61. The van der Waals surface area contributed by atoms with E-state index < -0.39 is 0 Å². The Morgan fingerprint density at radius 3 is 2.57 bits per heavy atom. The van der Waals surface area contributed by atoms with Crippen molar-refractivity contribution in [1.29, 1.82) is 0 Å². The third-order valence-electron chi connectivity index (χ3n) is 0.621. The molecule has 0 saturated heterocycles. The Kier molecular flexibility index (Phi) is 4.57. The predicted molar refractivity (Wildman–Crippen MR) is 31.3 cm³/mol. The van der Waals surface area contributed by atoms with Crippen LogP contribution in [0.1, 0.15) is 13.3 Å². The maximum Gasteiger partial charge on any atom is 0.0463 e. The van der Waals surface area contributed by atoms with Crippen LogP contribution in [0.4, 0.5) is 0 Å². The number of halogens is 1. The van der Waals surface area contributed by atoms with E-state index in [1.54, 1.807) is 6.42 Å². The minimum absolute atomic E-state index is 0.136. The molecule has 0 bridgehead atoms. The number of hydrogen-bond donors (Lipinski definition) is 1. The van der Waals surface area contributed by atoms with Crippen LogP contribution in [0.25, 0.3) is 0 Å². The van der Waals surface area contributed by atoms with Crippen molar-refractivity contribution in [1.82, 2.24) is 0 Å². The first-order valence-electron chi connectivity index (χ1n) is 2.34. The summed E-state index contributed by atoms with van der Waals surface area (Å²) < 4.78 is 0. The van der Waals surface area contributed by atoms with Crippen LogP contribution in [0.5, 0.6) is 0 Å². The molecule has 0 saturated carbocycles. The monoisotopic (exact) mass is 121 g/mol. The molecule has 0 aliphatic rings. The zero-order valence-corrected chi connectivity index (χ0v) is 5.15. The number of hydrogen-bond acceptors (Lipinski definition) is 1. The Morgan fingerprint density at radius 2 is 2.43 bits per heavy atom. The van der Waals surface area contributed by atoms with Crippen LogP contribution in [-0.2, 0) is 0 Å². The maximum absolute atomic E-state index is 8.20. The van der Waals surface area contributed by atoms with Crippen LogP contribution >= 0.6 is 11.6 Å². The molecule has 0 aliphatic carbocycles. The lowest BCUT2D eigenvalue weighted by molar-refractivity contribution is 0.323. The Bertz CT molecular complexity index is 37.1. The van der Waals surface area contributed by atoms with Crippen molar-refractivity contribution in [3.05, 3.63) is 6.42 Å². The molecular formula is C5H10ClO. The van der Waals surface area contributed by atoms with E-state index in [0.29, 0.717) is 0 Å². The highest BCUT2D eigenvalue weighted by Crippen LogP contribution is 2.00. The summed E-state index contributed by atoms with van der Waals surface area (Å²) in [5.74, 6) is 0. The molecule has 0 aromatic carbocycles. The van der Waals surface area contributed by atoms with Crippen molar-refractivity contribution in [2.75, 3.05) is 6.61 Å². The fraction of sp³-hybridized carbons (Fsp3) is 0.800. The SMILES string of the molecule is CC(Cl)C[CH]CO. The maximum atomic E-state index is 8.20. The summed E-state index contributed by atoms with van der Waals surface area (Å²) in [7, 11) is 0. The highest BCUT2D eigenvalue weighted by molar-refractivity contribution is 6.20. The summed E-state index contributed by atoms with van der Waals surface area (Å²) in [5.41, 5.74) is 0. The molecule has 0 heterocycles. The first-order valence-corrected chi connectivity index (χ1v) is 2.77. The largest absolute Gasteiger partial charge is 0.396 e. The van der Waals surface area contributed by atoms with E-state index in [4.69, 9.17) is 16.7 Å². The quantitative estimate of drug-likeness (QED) is 0.557. The van der Waals surface area contributed by atoms with Gasteiger partial charge in [-0.15, -0.1) is 11.6 Å². The second-order valence-electron chi connectivity index (χ2n) is 1.49. The second-order valence-corrected chi connectivity index (χ2v) is 2.23. The Labute approximate surface area is 49.3 Å². The molecule has 1 nitrogen and oxygen atoms in total. The Morgan fingerprint density at radius 1 is 1.86 bits per heavy atom. The molecule has 0 aromatic heterocycles. The minimum atomic E-state index is 0.136. The van der Waals surface area contributed by atoms with Gasteiger partial charge < -0.3 is 5.11 Å². The van der Waals surface area contributed by atoms with Gasteiger partial charge in [0, 0.05) is 12.0 Å². The Balaban J connectivity index is 2.68. The minimum Gasteiger partial charge on any atom is -0.396 e. The van der Waals surface area contributed by atoms with Crippen LogP contribution in [-0.4, -0.2) is 17.1 Å². The van der Waals surface area contributed by atoms with Crippen LogP contribution < -0.4 is 0 Å². The molecule has 0 aliphatic heterocycles. The number of aliphatic hydroxyl groups is 1. The van der Waals surface area contributed by atoms with E-state index in [1.165, 1.54) is 0 Å². The van der Waals surface area contributed by atoms with Crippen molar-refractivity contribution in [2.24, 2.45) is 0 Å². The summed E-state index contributed by atoms with van der Waals surface area (Å²) >= 11 is 5.51. The van der Waals surface area contributed by atoms with Gasteiger partial charge in [-0.05, 0) is 19.8 Å². The van der Waals surface area contributed by atoms with Crippen molar-refractivity contribution in [3.8, 4) is 0 Å². The van der Waals surface area contributed by atoms with Crippen molar-refractivity contribution >= 4 is 11.6 Å². The zero-order valence-electron chi connectivity index (χ0n) is 4.39. The Hall–Kier alpha value is 0.250. The molecule has 2 heteroatoms. The van der Waals surface area contributed by atoms with Gasteiger partial charge in [0.15, 0.2) is 0 Å². The molecule has 0 fully saturated rings. The number of rotatable bonds is 3. The molecule has 43 valence electrons. The van der Waals surface area contributed by atoms with Gasteiger partial charge >= 0.3 is 0 Å². The molecule has 0 spiro atoms.